The highest BCUT2D eigenvalue weighted by molar-refractivity contribution is 7.15. The lowest BCUT2D eigenvalue weighted by molar-refractivity contribution is 0.579. The number of imidazole rings is 1. The van der Waals surface area contributed by atoms with Gasteiger partial charge in [0.1, 0.15) is 5.69 Å². The standard InChI is InChI=1S/C11H7N3OS/c12-4-3-8-6-13-11-14(8)9(7-16-11)10-2-1-5-15-10/h1-2,5-7H,3H2. The Bertz CT molecular complexity index is 657. The van der Waals surface area contributed by atoms with E-state index in [1.807, 2.05) is 21.9 Å². The van der Waals surface area contributed by atoms with Gasteiger partial charge >= 0.3 is 0 Å². The van der Waals surface area contributed by atoms with Crippen LogP contribution in [-0.4, -0.2) is 9.38 Å². The number of aromatic nitrogens is 2. The highest BCUT2D eigenvalue weighted by Crippen LogP contribution is 2.27. The number of hydrogen-bond acceptors (Lipinski definition) is 4. The van der Waals surface area contributed by atoms with Gasteiger partial charge in [-0.1, -0.05) is 0 Å². The van der Waals surface area contributed by atoms with Gasteiger partial charge in [-0.3, -0.25) is 4.40 Å². The Hall–Kier alpha value is -2.06. The molecule has 5 heteroatoms. The minimum atomic E-state index is 0.353. The van der Waals surface area contributed by atoms with Gasteiger partial charge in [-0.05, 0) is 12.1 Å². The van der Waals surface area contributed by atoms with E-state index in [4.69, 9.17) is 9.68 Å². The summed E-state index contributed by atoms with van der Waals surface area (Å²) < 4.78 is 7.33. The van der Waals surface area contributed by atoms with E-state index >= 15 is 0 Å². The van der Waals surface area contributed by atoms with E-state index in [0.717, 1.165) is 22.1 Å². The molecule has 3 aromatic heterocycles. The van der Waals surface area contributed by atoms with Crippen molar-refractivity contribution in [3.8, 4) is 17.5 Å². The van der Waals surface area contributed by atoms with Gasteiger partial charge in [0, 0.05) is 5.38 Å². The van der Waals surface area contributed by atoms with Crippen LogP contribution in [0.1, 0.15) is 5.69 Å². The molecule has 16 heavy (non-hydrogen) atoms. The molecule has 0 N–H and O–H groups in total. The topological polar surface area (TPSA) is 54.2 Å². The smallest absolute Gasteiger partial charge is 0.194 e. The quantitative estimate of drug-likeness (QED) is 0.678. The molecule has 78 valence electrons. The fraction of sp³-hybridized carbons (Fsp3) is 0.0909. The van der Waals surface area contributed by atoms with Crippen LogP contribution in [0, 0.1) is 11.3 Å². The van der Waals surface area contributed by atoms with Crippen molar-refractivity contribution in [2.75, 3.05) is 0 Å². The molecule has 0 spiro atoms. The molecule has 4 nitrogen and oxygen atoms in total. The van der Waals surface area contributed by atoms with Gasteiger partial charge in [-0.25, -0.2) is 4.98 Å². The number of nitriles is 1. The Kier molecular flexibility index (Phi) is 2.01. The molecule has 0 radical (unpaired) electrons. The van der Waals surface area contributed by atoms with Crippen LogP contribution in [0.15, 0.2) is 34.4 Å². The second kappa shape index (κ2) is 3.51. The van der Waals surface area contributed by atoms with E-state index in [1.54, 1.807) is 23.8 Å². The summed E-state index contributed by atoms with van der Waals surface area (Å²) in [6, 6.07) is 5.89. The van der Waals surface area contributed by atoms with Crippen molar-refractivity contribution in [3.63, 3.8) is 0 Å². The van der Waals surface area contributed by atoms with Gasteiger partial charge in [-0.2, -0.15) is 5.26 Å². The zero-order chi connectivity index (χ0) is 11.0. The molecular formula is C11H7N3OS. The molecule has 0 aliphatic carbocycles. The number of rotatable bonds is 2. The van der Waals surface area contributed by atoms with E-state index in [-0.39, 0.29) is 0 Å². The summed E-state index contributed by atoms with van der Waals surface area (Å²) in [4.78, 5) is 5.14. The third-order valence-corrected chi connectivity index (χ3v) is 3.19. The summed E-state index contributed by atoms with van der Waals surface area (Å²) in [5.41, 5.74) is 1.85. The first-order valence-electron chi connectivity index (χ1n) is 4.75. The summed E-state index contributed by atoms with van der Waals surface area (Å²) in [5, 5.41) is 10.7. The Morgan fingerprint density at radius 1 is 1.56 bits per heavy atom. The van der Waals surface area contributed by atoms with Gasteiger partial charge in [0.25, 0.3) is 0 Å². The fourth-order valence-corrected chi connectivity index (χ4v) is 2.54. The second-order valence-corrected chi connectivity index (χ2v) is 4.14. The van der Waals surface area contributed by atoms with Crippen LogP contribution in [0.3, 0.4) is 0 Å². The largest absolute Gasteiger partial charge is 0.463 e. The maximum atomic E-state index is 8.75. The number of thiazole rings is 1. The van der Waals surface area contributed by atoms with E-state index in [9.17, 15) is 0 Å². The molecule has 3 rings (SSSR count). The third-order valence-electron chi connectivity index (χ3n) is 2.35. The molecule has 3 heterocycles. The van der Waals surface area contributed by atoms with E-state index < -0.39 is 0 Å². The van der Waals surface area contributed by atoms with E-state index in [1.165, 1.54) is 0 Å². The molecule has 0 aliphatic heterocycles. The molecule has 0 saturated carbocycles. The van der Waals surface area contributed by atoms with Crippen molar-refractivity contribution in [2.24, 2.45) is 0 Å². The zero-order valence-electron chi connectivity index (χ0n) is 8.25. The van der Waals surface area contributed by atoms with Crippen LogP contribution in [0.4, 0.5) is 0 Å². The highest BCUT2D eigenvalue weighted by atomic mass is 32.1. The molecular weight excluding hydrogens is 222 g/mol. The Morgan fingerprint density at radius 3 is 3.25 bits per heavy atom. The van der Waals surface area contributed by atoms with Gasteiger partial charge in [0.15, 0.2) is 10.7 Å². The number of fused-ring (bicyclic) bond motifs is 1. The second-order valence-electron chi connectivity index (χ2n) is 3.30. The maximum absolute atomic E-state index is 8.75. The summed E-state index contributed by atoms with van der Waals surface area (Å²) in [6.45, 7) is 0. The normalized spacial score (nSPS) is 10.7. The molecule has 0 aliphatic rings. The molecule has 0 atom stereocenters. The van der Waals surface area contributed by atoms with Crippen LogP contribution in [0.25, 0.3) is 16.4 Å². The van der Waals surface area contributed by atoms with E-state index in [0.29, 0.717) is 6.42 Å². The lowest BCUT2D eigenvalue weighted by atomic mass is 10.3. The molecule has 0 amide bonds. The van der Waals surface area contributed by atoms with Crippen molar-refractivity contribution in [2.45, 2.75) is 6.42 Å². The summed E-state index contributed by atoms with van der Waals surface area (Å²) >= 11 is 1.54. The van der Waals surface area contributed by atoms with Crippen LogP contribution < -0.4 is 0 Å². The number of furan rings is 1. The average molecular weight is 229 g/mol. The van der Waals surface area contributed by atoms with Crippen LogP contribution >= 0.6 is 11.3 Å². The fourth-order valence-electron chi connectivity index (χ4n) is 1.67. The molecule has 0 unspecified atom stereocenters. The lowest BCUT2D eigenvalue weighted by Gasteiger charge is -1.97. The van der Waals surface area contributed by atoms with E-state index in [2.05, 4.69) is 11.1 Å². The average Bonchev–Trinajstić information content (AvgIpc) is 2.94. The van der Waals surface area contributed by atoms with Crippen molar-refractivity contribution < 1.29 is 4.42 Å². The third kappa shape index (κ3) is 1.24. The summed E-state index contributed by atoms with van der Waals surface area (Å²) in [5.74, 6) is 0.795. The Morgan fingerprint density at radius 2 is 2.50 bits per heavy atom. The predicted molar refractivity (Wildman–Crippen MR) is 60.1 cm³/mol. The number of hydrogen-bond donors (Lipinski definition) is 0. The summed E-state index contributed by atoms with van der Waals surface area (Å²) in [6.07, 6.45) is 3.73. The molecule has 0 fully saturated rings. The first kappa shape index (κ1) is 9.19. The van der Waals surface area contributed by atoms with Crippen molar-refractivity contribution in [1.82, 2.24) is 9.38 Å². The monoisotopic (exact) mass is 229 g/mol. The highest BCUT2D eigenvalue weighted by Gasteiger charge is 2.12. The molecule has 0 bridgehead atoms. The van der Waals surface area contributed by atoms with Gasteiger partial charge in [0.05, 0.1) is 30.6 Å². The molecule has 0 saturated heterocycles. The zero-order valence-corrected chi connectivity index (χ0v) is 9.07. The van der Waals surface area contributed by atoms with Gasteiger partial charge < -0.3 is 4.42 Å². The van der Waals surface area contributed by atoms with Crippen molar-refractivity contribution in [3.05, 3.63) is 35.7 Å². The SMILES string of the molecule is N#CCc1cnc2scc(-c3ccco3)n12. The first-order chi connectivity index (χ1) is 7.90. The Labute approximate surface area is 95.4 Å². The lowest BCUT2D eigenvalue weighted by Crippen LogP contribution is -1.91. The first-order valence-corrected chi connectivity index (χ1v) is 5.63. The minimum absolute atomic E-state index is 0.353. The van der Waals surface area contributed by atoms with Crippen LogP contribution in [0.5, 0.6) is 0 Å². The Balaban J connectivity index is 2.26. The van der Waals surface area contributed by atoms with Crippen molar-refractivity contribution in [1.29, 1.82) is 5.26 Å². The van der Waals surface area contributed by atoms with Crippen molar-refractivity contribution >= 4 is 16.3 Å². The minimum Gasteiger partial charge on any atom is -0.463 e. The van der Waals surface area contributed by atoms with Gasteiger partial charge in [0.2, 0.25) is 0 Å². The maximum Gasteiger partial charge on any atom is 0.194 e. The number of nitrogens with zero attached hydrogens (tertiary/aromatic N) is 3. The van der Waals surface area contributed by atoms with Crippen LogP contribution in [0.2, 0.25) is 0 Å². The summed E-state index contributed by atoms with van der Waals surface area (Å²) in [7, 11) is 0. The molecule has 3 aromatic rings. The van der Waals surface area contributed by atoms with Gasteiger partial charge in [-0.15, -0.1) is 11.3 Å². The predicted octanol–water partition coefficient (Wildman–Crippen LogP) is 2.72. The molecule has 0 aromatic carbocycles. The van der Waals surface area contributed by atoms with Crippen LogP contribution in [-0.2, 0) is 6.42 Å².